The molecule has 22 heavy (non-hydrogen) atoms. The van der Waals surface area contributed by atoms with E-state index in [1.165, 1.54) is 6.07 Å². The minimum atomic E-state index is -4.35. The second-order valence-electron chi connectivity index (χ2n) is 5.08. The van der Waals surface area contributed by atoms with Gasteiger partial charge in [0.2, 0.25) is 0 Å². The summed E-state index contributed by atoms with van der Waals surface area (Å²) in [4.78, 5) is 4.26. The number of nitrogens with zero attached hydrogens (tertiary/aromatic N) is 1. The first-order valence-corrected chi connectivity index (χ1v) is 6.73. The molecule has 0 saturated heterocycles. The highest BCUT2D eigenvalue weighted by molar-refractivity contribution is 5.93. The molecule has 3 aromatic rings. The maximum atomic E-state index is 12.8. The van der Waals surface area contributed by atoms with Crippen LogP contribution in [0.15, 0.2) is 54.7 Å². The first-order chi connectivity index (χ1) is 10.4. The van der Waals surface area contributed by atoms with Gasteiger partial charge in [-0.15, -0.1) is 0 Å². The molecule has 0 spiro atoms. The Kier molecular flexibility index (Phi) is 3.48. The second kappa shape index (κ2) is 5.33. The van der Waals surface area contributed by atoms with Crippen LogP contribution in [-0.2, 0) is 6.18 Å². The summed E-state index contributed by atoms with van der Waals surface area (Å²) in [5.41, 5.74) is 2.30. The summed E-state index contributed by atoms with van der Waals surface area (Å²) in [6.07, 6.45) is -2.72. The molecule has 2 nitrogen and oxygen atoms in total. The molecular formula is C17H13F3N2. The van der Waals surface area contributed by atoms with Crippen LogP contribution in [0, 0.1) is 6.92 Å². The number of hydrogen-bond acceptors (Lipinski definition) is 2. The number of anilines is 2. The number of rotatable bonds is 2. The van der Waals surface area contributed by atoms with Crippen molar-refractivity contribution < 1.29 is 13.2 Å². The van der Waals surface area contributed by atoms with E-state index in [1.54, 1.807) is 18.3 Å². The summed E-state index contributed by atoms with van der Waals surface area (Å²) in [6.45, 7) is 1.96. The van der Waals surface area contributed by atoms with Crippen LogP contribution in [-0.4, -0.2) is 4.98 Å². The van der Waals surface area contributed by atoms with Crippen LogP contribution in [0.1, 0.15) is 11.1 Å². The SMILES string of the molecule is Cc1ccc2nccc(Nc3cccc(C(F)(F)F)c3)c2c1. The molecule has 0 fully saturated rings. The normalized spacial score (nSPS) is 11.6. The molecule has 0 bridgehead atoms. The Bertz CT molecular complexity index is 825. The molecule has 1 heterocycles. The van der Waals surface area contributed by atoms with Crippen LogP contribution in [0.5, 0.6) is 0 Å². The summed E-state index contributed by atoms with van der Waals surface area (Å²) in [6, 6.07) is 12.7. The van der Waals surface area contributed by atoms with E-state index in [0.29, 0.717) is 5.69 Å². The van der Waals surface area contributed by atoms with E-state index in [9.17, 15) is 13.2 Å². The highest BCUT2D eigenvalue weighted by atomic mass is 19.4. The van der Waals surface area contributed by atoms with Crippen LogP contribution >= 0.6 is 0 Å². The molecule has 1 aromatic heterocycles. The van der Waals surface area contributed by atoms with E-state index >= 15 is 0 Å². The Morgan fingerprint density at radius 1 is 1.00 bits per heavy atom. The molecule has 0 radical (unpaired) electrons. The number of hydrogen-bond donors (Lipinski definition) is 1. The third kappa shape index (κ3) is 2.88. The molecular weight excluding hydrogens is 289 g/mol. The summed E-state index contributed by atoms with van der Waals surface area (Å²) in [5, 5.41) is 3.92. The Labute approximate surface area is 125 Å². The van der Waals surface area contributed by atoms with Crippen molar-refractivity contribution in [3.8, 4) is 0 Å². The van der Waals surface area contributed by atoms with Gasteiger partial charge in [-0.25, -0.2) is 0 Å². The first-order valence-electron chi connectivity index (χ1n) is 6.73. The van der Waals surface area contributed by atoms with Crippen molar-refractivity contribution in [3.05, 3.63) is 65.9 Å². The van der Waals surface area contributed by atoms with Crippen molar-refractivity contribution in [2.75, 3.05) is 5.32 Å². The van der Waals surface area contributed by atoms with Crippen LogP contribution in [0.3, 0.4) is 0 Å². The molecule has 0 aliphatic carbocycles. The molecule has 3 rings (SSSR count). The van der Waals surface area contributed by atoms with E-state index in [4.69, 9.17) is 0 Å². The fourth-order valence-electron chi connectivity index (χ4n) is 2.30. The molecule has 0 aliphatic heterocycles. The average molecular weight is 302 g/mol. The molecule has 0 atom stereocenters. The highest BCUT2D eigenvalue weighted by Crippen LogP contribution is 2.32. The van der Waals surface area contributed by atoms with Gasteiger partial charge >= 0.3 is 6.18 Å². The molecule has 0 amide bonds. The molecule has 1 N–H and O–H groups in total. The lowest BCUT2D eigenvalue weighted by atomic mass is 10.1. The maximum absolute atomic E-state index is 12.8. The highest BCUT2D eigenvalue weighted by Gasteiger charge is 2.30. The van der Waals surface area contributed by atoms with Crippen molar-refractivity contribution in [2.24, 2.45) is 0 Å². The Hall–Kier alpha value is -2.56. The van der Waals surface area contributed by atoms with Gasteiger partial charge in [0.05, 0.1) is 11.1 Å². The zero-order valence-corrected chi connectivity index (χ0v) is 11.8. The average Bonchev–Trinajstić information content (AvgIpc) is 2.47. The third-order valence-corrected chi connectivity index (χ3v) is 3.37. The number of nitrogens with one attached hydrogen (secondary N) is 1. The Morgan fingerprint density at radius 3 is 2.59 bits per heavy atom. The molecule has 5 heteroatoms. The maximum Gasteiger partial charge on any atom is 0.416 e. The lowest BCUT2D eigenvalue weighted by Gasteiger charge is -2.12. The predicted octanol–water partition coefficient (Wildman–Crippen LogP) is 5.31. The molecule has 2 aromatic carbocycles. The Morgan fingerprint density at radius 2 is 1.82 bits per heavy atom. The van der Waals surface area contributed by atoms with E-state index in [2.05, 4.69) is 10.3 Å². The summed E-state index contributed by atoms with van der Waals surface area (Å²) >= 11 is 0. The van der Waals surface area contributed by atoms with Crippen LogP contribution < -0.4 is 5.32 Å². The lowest BCUT2D eigenvalue weighted by molar-refractivity contribution is -0.137. The van der Waals surface area contributed by atoms with Crippen molar-refractivity contribution in [1.29, 1.82) is 0 Å². The largest absolute Gasteiger partial charge is 0.416 e. The fourth-order valence-corrected chi connectivity index (χ4v) is 2.30. The van der Waals surface area contributed by atoms with E-state index in [-0.39, 0.29) is 0 Å². The summed E-state index contributed by atoms with van der Waals surface area (Å²) < 4.78 is 38.3. The number of aromatic nitrogens is 1. The Balaban J connectivity index is 2.02. The standard InChI is InChI=1S/C17H13F3N2/c1-11-5-6-15-14(9-11)16(7-8-21-15)22-13-4-2-3-12(10-13)17(18,19)20/h2-10H,1H3,(H,21,22). The zero-order valence-electron chi connectivity index (χ0n) is 11.8. The smallest absolute Gasteiger partial charge is 0.355 e. The van der Waals surface area contributed by atoms with E-state index in [0.717, 1.165) is 34.3 Å². The molecule has 0 unspecified atom stereocenters. The van der Waals surface area contributed by atoms with Crippen LogP contribution in [0.4, 0.5) is 24.5 Å². The van der Waals surface area contributed by atoms with Gasteiger partial charge in [0.15, 0.2) is 0 Å². The first kappa shape index (κ1) is 14.4. The number of pyridine rings is 1. The van der Waals surface area contributed by atoms with Gasteiger partial charge < -0.3 is 5.32 Å². The van der Waals surface area contributed by atoms with Crippen molar-refractivity contribution in [1.82, 2.24) is 4.98 Å². The van der Waals surface area contributed by atoms with Gasteiger partial charge in [0, 0.05) is 23.0 Å². The van der Waals surface area contributed by atoms with Crippen molar-refractivity contribution >= 4 is 22.3 Å². The van der Waals surface area contributed by atoms with Crippen molar-refractivity contribution in [2.45, 2.75) is 13.1 Å². The number of halogens is 3. The summed E-state index contributed by atoms with van der Waals surface area (Å²) in [7, 11) is 0. The van der Waals surface area contributed by atoms with Gasteiger partial charge in [0.1, 0.15) is 0 Å². The van der Waals surface area contributed by atoms with Crippen molar-refractivity contribution in [3.63, 3.8) is 0 Å². The van der Waals surface area contributed by atoms with E-state index < -0.39 is 11.7 Å². The monoisotopic (exact) mass is 302 g/mol. The topological polar surface area (TPSA) is 24.9 Å². The second-order valence-corrected chi connectivity index (χ2v) is 5.08. The minimum absolute atomic E-state index is 0.392. The van der Waals surface area contributed by atoms with Gasteiger partial charge in [-0.3, -0.25) is 4.98 Å². The van der Waals surface area contributed by atoms with E-state index in [1.807, 2.05) is 25.1 Å². The van der Waals surface area contributed by atoms with Crippen LogP contribution in [0.2, 0.25) is 0 Å². The number of alkyl halides is 3. The number of aryl methyl sites for hydroxylation is 1. The molecule has 0 saturated carbocycles. The lowest BCUT2D eigenvalue weighted by Crippen LogP contribution is -2.05. The zero-order chi connectivity index (χ0) is 15.7. The van der Waals surface area contributed by atoms with Gasteiger partial charge in [-0.05, 0) is 43.3 Å². The molecule has 0 aliphatic rings. The quantitative estimate of drug-likeness (QED) is 0.694. The van der Waals surface area contributed by atoms with Gasteiger partial charge in [-0.1, -0.05) is 17.7 Å². The van der Waals surface area contributed by atoms with Gasteiger partial charge in [0.25, 0.3) is 0 Å². The predicted molar refractivity (Wildman–Crippen MR) is 81.2 cm³/mol. The number of fused-ring (bicyclic) bond motifs is 1. The fraction of sp³-hybridized carbons (Fsp3) is 0.118. The third-order valence-electron chi connectivity index (χ3n) is 3.37. The van der Waals surface area contributed by atoms with Crippen LogP contribution in [0.25, 0.3) is 10.9 Å². The van der Waals surface area contributed by atoms with Gasteiger partial charge in [-0.2, -0.15) is 13.2 Å². The molecule has 112 valence electrons. The minimum Gasteiger partial charge on any atom is -0.355 e. The summed E-state index contributed by atoms with van der Waals surface area (Å²) in [5.74, 6) is 0. The number of benzene rings is 2.